The fourth-order valence-electron chi connectivity index (χ4n) is 3.72. The van der Waals surface area contributed by atoms with E-state index in [-0.39, 0.29) is 18.6 Å². The Morgan fingerprint density at radius 1 is 1.14 bits per heavy atom. The summed E-state index contributed by atoms with van der Waals surface area (Å²) >= 11 is 0. The second kappa shape index (κ2) is 7.89. The third kappa shape index (κ3) is 3.79. The van der Waals surface area contributed by atoms with Gasteiger partial charge in [0.25, 0.3) is 5.91 Å². The number of aryl methyl sites for hydroxylation is 1. The second-order valence-electron chi connectivity index (χ2n) is 7.20. The molecule has 0 spiro atoms. The number of para-hydroxylation sites is 1. The zero-order valence-electron chi connectivity index (χ0n) is 15.8. The Morgan fingerprint density at radius 2 is 1.93 bits per heavy atom. The van der Waals surface area contributed by atoms with Crippen molar-refractivity contribution < 1.29 is 19.1 Å². The van der Waals surface area contributed by atoms with Crippen LogP contribution in [0.2, 0.25) is 0 Å². The summed E-state index contributed by atoms with van der Waals surface area (Å²) in [4.78, 5) is 25.1. The van der Waals surface area contributed by atoms with Gasteiger partial charge in [-0.05, 0) is 49.5 Å². The van der Waals surface area contributed by atoms with E-state index >= 15 is 0 Å². The Bertz CT molecular complexity index is 934. The van der Waals surface area contributed by atoms with Crippen molar-refractivity contribution in [1.29, 1.82) is 0 Å². The lowest BCUT2D eigenvalue weighted by Crippen LogP contribution is -2.39. The van der Waals surface area contributed by atoms with E-state index in [1.54, 1.807) is 13.0 Å². The lowest BCUT2D eigenvalue weighted by molar-refractivity contribution is -0.151. The van der Waals surface area contributed by atoms with Crippen molar-refractivity contribution in [1.82, 2.24) is 5.32 Å². The number of carbonyl (C=O) groups is 2. The average molecular weight is 377 g/mol. The summed E-state index contributed by atoms with van der Waals surface area (Å²) in [6.07, 6.45) is 3.82. The Labute approximate surface area is 164 Å². The summed E-state index contributed by atoms with van der Waals surface area (Å²) in [7, 11) is 0. The van der Waals surface area contributed by atoms with Crippen LogP contribution in [0, 0.1) is 0 Å². The number of rotatable bonds is 4. The van der Waals surface area contributed by atoms with Gasteiger partial charge in [0.1, 0.15) is 12.4 Å². The van der Waals surface area contributed by atoms with Crippen LogP contribution in [0.3, 0.4) is 0 Å². The van der Waals surface area contributed by atoms with E-state index in [0.717, 1.165) is 36.1 Å². The van der Waals surface area contributed by atoms with E-state index in [2.05, 4.69) is 17.4 Å². The number of ether oxygens (including phenoxy) is 2. The molecule has 0 radical (unpaired) electrons. The maximum absolute atomic E-state index is 12.6. The van der Waals surface area contributed by atoms with Crippen molar-refractivity contribution in [3.05, 3.63) is 70.8 Å². The summed E-state index contributed by atoms with van der Waals surface area (Å²) in [5, 5.41) is 3.03. The zero-order chi connectivity index (χ0) is 19.5. The molecule has 5 heteroatoms. The summed E-state index contributed by atoms with van der Waals surface area (Å²) in [6.45, 7) is 1.74. The number of nitrogens with one attached hydrogen (secondary N) is 1. The van der Waals surface area contributed by atoms with Gasteiger partial charge in [-0.25, -0.2) is 4.79 Å². The van der Waals surface area contributed by atoms with Gasteiger partial charge in [0, 0.05) is 5.56 Å². The molecule has 2 aliphatic rings. The van der Waals surface area contributed by atoms with Crippen LogP contribution < -0.4 is 10.1 Å². The first-order chi connectivity index (χ1) is 13.6. The smallest absolute Gasteiger partial charge is 0.338 e. The molecule has 1 amide bonds. The summed E-state index contributed by atoms with van der Waals surface area (Å²) in [6, 6.07) is 15.6. The molecule has 2 aromatic rings. The van der Waals surface area contributed by atoms with Crippen LogP contribution in [-0.2, 0) is 20.7 Å². The first-order valence-corrected chi connectivity index (χ1v) is 9.63. The number of fused-ring (bicyclic) bond motifs is 2. The lowest BCUT2D eigenvalue weighted by Gasteiger charge is -2.27. The molecular weight excluding hydrogens is 354 g/mol. The lowest BCUT2D eigenvalue weighted by atomic mass is 9.87. The minimum atomic E-state index is -0.875. The summed E-state index contributed by atoms with van der Waals surface area (Å²) in [5.74, 6) is -0.0743. The van der Waals surface area contributed by atoms with Gasteiger partial charge in [0.2, 0.25) is 0 Å². The fourth-order valence-corrected chi connectivity index (χ4v) is 3.72. The van der Waals surface area contributed by atoms with E-state index < -0.39 is 12.1 Å². The Kier molecular flexibility index (Phi) is 5.15. The van der Waals surface area contributed by atoms with Gasteiger partial charge < -0.3 is 14.8 Å². The van der Waals surface area contributed by atoms with E-state index in [1.165, 1.54) is 5.56 Å². The number of benzene rings is 2. The molecule has 0 saturated carbocycles. The predicted molar refractivity (Wildman–Crippen MR) is 106 cm³/mol. The van der Waals surface area contributed by atoms with Gasteiger partial charge in [0.15, 0.2) is 6.10 Å². The number of esters is 1. The fraction of sp³-hybridized carbons (Fsp3) is 0.304. The topological polar surface area (TPSA) is 64.6 Å². The van der Waals surface area contributed by atoms with Crippen LogP contribution in [-0.4, -0.2) is 24.6 Å². The van der Waals surface area contributed by atoms with Crippen molar-refractivity contribution in [3.63, 3.8) is 0 Å². The van der Waals surface area contributed by atoms with Crippen LogP contribution in [0.15, 0.2) is 54.1 Å². The van der Waals surface area contributed by atoms with Crippen LogP contribution in [0.5, 0.6) is 5.75 Å². The summed E-state index contributed by atoms with van der Waals surface area (Å²) < 4.78 is 11.0. The molecule has 1 heterocycles. The second-order valence-corrected chi connectivity index (χ2v) is 7.20. The third-order valence-corrected chi connectivity index (χ3v) is 5.23. The van der Waals surface area contributed by atoms with Gasteiger partial charge in [0.05, 0.1) is 11.6 Å². The quantitative estimate of drug-likeness (QED) is 0.827. The maximum Gasteiger partial charge on any atom is 0.338 e. The molecule has 28 heavy (non-hydrogen) atoms. The largest absolute Gasteiger partial charge is 0.488 e. The number of hydrogen-bond acceptors (Lipinski definition) is 4. The maximum atomic E-state index is 12.6. The van der Waals surface area contributed by atoms with Crippen molar-refractivity contribution in [2.24, 2.45) is 0 Å². The van der Waals surface area contributed by atoms with Gasteiger partial charge in [-0.3, -0.25) is 4.79 Å². The Morgan fingerprint density at radius 3 is 2.82 bits per heavy atom. The minimum absolute atomic E-state index is 0.0392. The molecule has 2 atom stereocenters. The molecule has 1 N–H and O–H groups in total. The number of carbonyl (C=O) groups excluding carboxylic acids is 2. The van der Waals surface area contributed by atoms with Crippen LogP contribution in [0.1, 0.15) is 42.5 Å². The van der Waals surface area contributed by atoms with Gasteiger partial charge >= 0.3 is 5.97 Å². The van der Waals surface area contributed by atoms with Crippen molar-refractivity contribution >= 4 is 18.0 Å². The molecule has 2 aromatic carbocycles. The number of hydrogen-bond donors (Lipinski definition) is 1. The molecule has 0 aromatic heterocycles. The predicted octanol–water partition coefficient (Wildman–Crippen LogP) is 3.59. The molecule has 0 saturated heterocycles. The highest BCUT2D eigenvalue weighted by molar-refractivity contribution is 5.96. The van der Waals surface area contributed by atoms with Gasteiger partial charge in [-0.15, -0.1) is 0 Å². The van der Waals surface area contributed by atoms with Gasteiger partial charge in [-0.1, -0.05) is 42.5 Å². The molecule has 0 unspecified atom stereocenters. The highest BCUT2D eigenvalue weighted by Gasteiger charge is 2.27. The average Bonchev–Trinajstić information content (AvgIpc) is 2.73. The van der Waals surface area contributed by atoms with Crippen LogP contribution in [0.25, 0.3) is 6.08 Å². The molecule has 4 rings (SSSR count). The first kappa shape index (κ1) is 18.3. The third-order valence-electron chi connectivity index (χ3n) is 5.23. The number of amides is 1. The highest BCUT2D eigenvalue weighted by Crippen LogP contribution is 2.30. The SMILES string of the molecule is C[C@@H](OC(=O)C1=Cc2ccccc2OC1)C(=O)N[C@@H]1CCCc2ccccc21. The molecule has 0 fully saturated rings. The zero-order valence-corrected chi connectivity index (χ0v) is 15.8. The van der Waals surface area contributed by atoms with E-state index in [4.69, 9.17) is 9.47 Å². The van der Waals surface area contributed by atoms with Gasteiger partial charge in [-0.2, -0.15) is 0 Å². The molecule has 1 aliphatic heterocycles. The van der Waals surface area contributed by atoms with E-state index in [9.17, 15) is 9.59 Å². The molecule has 5 nitrogen and oxygen atoms in total. The standard InChI is InChI=1S/C23H23NO4/c1-15(22(25)24-20-11-6-9-16-7-2-4-10-19(16)20)28-23(26)18-13-17-8-3-5-12-21(17)27-14-18/h2-5,7-8,10,12-13,15,20H,6,9,11,14H2,1H3,(H,24,25)/t15-,20-/m1/s1. The minimum Gasteiger partial charge on any atom is -0.488 e. The van der Waals surface area contributed by atoms with Crippen molar-refractivity contribution in [3.8, 4) is 5.75 Å². The van der Waals surface area contributed by atoms with Crippen LogP contribution in [0.4, 0.5) is 0 Å². The Balaban J connectivity index is 1.39. The first-order valence-electron chi connectivity index (χ1n) is 9.63. The molecular formula is C23H23NO4. The van der Waals surface area contributed by atoms with Crippen molar-refractivity contribution in [2.45, 2.75) is 38.3 Å². The Hall–Kier alpha value is -3.08. The molecule has 0 bridgehead atoms. The van der Waals surface area contributed by atoms with Crippen molar-refractivity contribution in [2.75, 3.05) is 6.61 Å². The normalized spacial score (nSPS) is 18.6. The van der Waals surface area contributed by atoms with E-state index in [1.807, 2.05) is 36.4 Å². The van der Waals surface area contributed by atoms with Crippen LogP contribution >= 0.6 is 0 Å². The molecule has 144 valence electrons. The monoisotopic (exact) mass is 377 g/mol. The van der Waals surface area contributed by atoms with E-state index in [0.29, 0.717) is 5.57 Å². The summed E-state index contributed by atoms with van der Waals surface area (Å²) in [5.41, 5.74) is 3.66. The highest BCUT2D eigenvalue weighted by atomic mass is 16.6. The molecule has 1 aliphatic carbocycles.